The predicted octanol–water partition coefficient (Wildman–Crippen LogP) is 1.94. The van der Waals surface area contributed by atoms with E-state index in [0.29, 0.717) is 43.3 Å². The largest absolute Gasteiger partial charge is 0.497 e. The van der Waals surface area contributed by atoms with Gasteiger partial charge in [-0.25, -0.2) is 13.1 Å². The number of hydrogen-bond donors (Lipinski definition) is 1. The Labute approximate surface area is 193 Å². The standard InChI is InChI=1S/C23H26N4O5S/c1-31-20-9-5-6-18(16-20)22-21(17-27(25-22)19-7-3-2-4-8-19)23(28)24-10-15-33(29,30)26-11-13-32-14-12-26/h2-9,16-17H,10-15H2,1H3,(H,24,28). The van der Waals surface area contributed by atoms with Gasteiger partial charge < -0.3 is 14.8 Å². The third-order valence-electron chi connectivity index (χ3n) is 5.33. The lowest BCUT2D eigenvalue weighted by Crippen LogP contribution is -2.43. The van der Waals surface area contributed by atoms with Crippen molar-refractivity contribution in [1.82, 2.24) is 19.4 Å². The summed E-state index contributed by atoms with van der Waals surface area (Å²) in [6.07, 6.45) is 1.65. The van der Waals surface area contributed by atoms with Gasteiger partial charge in [0.1, 0.15) is 11.4 Å². The number of sulfonamides is 1. The maximum absolute atomic E-state index is 13.1. The van der Waals surface area contributed by atoms with Crippen molar-refractivity contribution in [3.05, 3.63) is 66.4 Å². The van der Waals surface area contributed by atoms with Gasteiger partial charge in [0.25, 0.3) is 5.91 Å². The maximum atomic E-state index is 13.1. The molecule has 33 heavy (non-hydrogen) atoms. The molecule has 0 radical (unpaired) electrons. The van der Waals surface area contributed by atoms with Gasteiger partial charge in [-0.2, -0.15) is 9.40 Å². The molecule has 1 fully saturated rings. The Balaban J connectivity index is 1.56. The molecule has 1 saturated heterocycles. The van der Waals surface area contributed by atoms with Crippen LogP contribution in [0.5, 0.6) is 5.75 Å². The van der Waals surface area contributed by atoms with E-state index in [0.717, 1.165) is 11.3 Å². The zero-order valence-corrected chi connectivity index (χ0v) is 19.1. The lowest BCUT2D eigenvalue weighted by atomic mass is 10.1. The average Bonchev–Trinajstić information content (AvgIpc) is 3.31. The van der Waals surface area contributed by atoms with Gasteiger partial charge in [0.15, 0.2) is 0 Å². The van der Waals surface area contributed by atoms with Gasteiger partial charge in [0.2, 0.25) is 10.0 Å². The zero-order chi connectivity index (χ0) is 23.3. The molecule has 0 unspecified atom stereocenters. The molecule has 0 aliphatic carbocycles. The van der Waals surface area contributed by atoms with Crippen LogP contribution in [-0.2, 0) is 14.8 Å². The molecule has 1 aliphatic rings. The number of rotatable bonds is 8. The minimum absolute atomic E-state index is 0.00735. The Morgan fingerprint density at radius 3 is 2.61 bits per heavy atom. The van der Waals surface area contributed by atoms with Crippen molar-refractivity contribution in [1.29, 1.82) is 0 Å². The van der Waals surface area contributed by atoms with Crippen molar-refractivity contribution in [2.45, 2.75) is 0 Å². The van der Waals surface area contributed by atoms with E-state index >= 15 is 0 Å². The molecule has 9 nitrogen and oxygen atoms in total. The second-order valence-corrected chi connectivity index (χ2v) is 9.58. The van der Waals surface area contributed by atoms with E-state index in [1.807, 2.05) is 48.5 Å². The fourth-order valence-corrected chi connectivity index (χ4v) is 4.90. The number of hydrogen-bond acceptors (Lipinski definition) is 6. The summed E-state index contributed by atoms with van der Waals surface area (Å²) in [5.74, 6) is 0.0666. The molecule has 1 N–H and O–H groups in total. The van der Waals surface area contributed by atoms with Gasteiger partial charge in [0, 0.05) is 31.4 Å². The van der Waals surface area contributed by atoms with E-state index in [9.17, 15) is 13.2 Å². The van der Waals surface area contributed by atoms with Gasteiger partial charge in [-0.15, -0.1) is 0 Å². The van der Waals surface area contributed by atoms with Crippen LogP contribution in [0.25, 0.3) is 16.9 Å². The Morgan fingerprint density at radius 1 is 1.12 bits per heavy atom. The molecule has 10 heteroatoms. The number of carbonyl (C=O) groups is 1. The fraction of sp³-hybridized carbons (Fsp3) is 0.304. The molecule has 0 atom stereocenters. The lowest BCUT2D eigenvalue weighted by Gasteiger charge is -2.26. The normalized spacial score (nSPS) is 14.7. The quantitative estimate of drug-likeness (QED) is 0.540. The number of aromatic nitrogens is 2. The summed E-state index contributed by atoms with van der Waals surface area (Å²) in [7, 11) is -1.90. The molecule has 2 heterocycles. The highest BCUT2D eigenvalue weighted by Crippen LogP contribution is 2.27. The van der Waals surface area contributed by atoms with Gasteiger partial charge in [-0.05, 0) is 24.3 Å². The zero-order valence-electron chi connectivity index (χ0n) is 18.3. The maximum Gasteiger partial charge on any atom is 0.255 e. The summed E-state index contributed by atoms with van der Waals surface area (Å²) < 4.78 is 38.6. The molecular weight excluding hydrogens is 444 g/mol. The monoisotopic (exact) mass is 470 g/mol. The van der Waals surface area contributed by atoms with Crippen molar-refractivity contribution in [3.63, 3.8) is 0 Å². The summed E-state index contributed by atoms with van der Waals surface area (Å²) in [6, 6.07) is 16.7. The summed E-state index contributed by atoms with van der Waals surface area (Å²) >= 11 is 0. The third-order valence-corrected chi connectivity index (χ3v) is 7.20. The number of carbonyl (C=O) groups excluding carboxylic acids is 1. The van der Waals surface area contributed by atoms with Crippen LogP contribution in [0.4, 0.5) is 0 Å². The number of benzene rings is 2. The average molecular weight is 471 g/mol. The molecule has 4 rings (SSSR count). The molecule has 2 aromatic carbocycles. The Hall–Kier alpha value is -3.21. The fourth-order valence-electron chi connectivity index (χ4n) is 3.58. The van der Waals surface area contributed by atoms with Crippen LogP contribution in [0.2, 0.25) is 0 Å². The SMILES string of the molecule is COc1cccc(-c2nn(-c3ccccc3)cc2C(=O)NCCS(=O)(=O)N2CCOCC2)c1. The van der Waals surface area contributed by atoms with E-state index in [1.165, 1.54) is 4.31 Å². The number of methoxy groups -OCH3 is 1. The number of nitrogens with one attached hydrogen (secondary N) is 1. The van der Waals surface area contributed by atoms with Crippen LogP contribution < -0.4 is 10.1 Å². The smallest absolute Gasteiger partial charge is 0.255 e. The van der Waals surface area contributed by atoms with Crippen LogP contribution in [-0.4, -0.2) is 74.1 Å². The Morgan fingerprint density at radius 2 is 1.88 bits per heavy atom. The lowest BCUT2D eigenvalue weighted by molar-refractivity contribution is 0.0730. The first-order valence-electron chi connectivity index (χ1n) is 10.6. The van der Waals surface area contributed by atoms with Gasteiger partial charge >= 0.3 is 0 Å². The highest BCUT2D eigenvalue weighted by Gasteiger charge is 2.25. The van der Waals surface area contributed by atoms with E-state index in [1.54, 1.807) is 24.1 Å². The molecule has 174 valence electrons. The number of ether oxygens (including phenoxy) is 2. The van der Waals surface area contributed by atoms with Crippen molar-refractivity contribution < 1.29 is 22.7 Å². The van der Waals surface area contributed by atoms with Crippen LogP contribution in [0.15, 0.2) is 60.8 Å². The third kappa shape index (κ3) is 5.41. The number of amides is 1. The van der Waals surface area contributed by atoms with Crippen LogP contribution >= 0.6 is 0 Å². The summed E-state index contributed by atoms with van der Waals surface area (Å²) in [5.41, 5.74) is 2.34. The topological polar surface area (TPSA) is 103 Å². The highest BCUT2D eigenvalue weighted by molar-refractivity contribution is 7.89. The summed E-state index contributed by atoms with van der Waals surface area (Å²) in [5, 5.41) is 7.37. The first kappa shape index (κ1) is 23.0. The Bertz CT molecular complexity index is 1200. The van der Waals surface area contributed by atoms with Crippen molar-refractivity contribution in [2.24, 2.45) is 0 Å². The minimum atomic E-state index is -3.47. The molecule has 1 amide bonds. The van der Waals surface area contributed by atoms with Crippen LogP contribution in [0.3, 0.4) is 0 Å². The summed E-state index contributed by atoms with van der Waals surface area (Å²) in [6.45, 7) is 1.43. The van der Waals surface area contributed by atoms with Gasteiger partial charge in [-0.3, -0.25) is 4.79 Å². The Kier molecular flexibility index (Phi) is 7.07. The van der Waals surface area contributed by atoms with E-state index in [-0.39, 0.29) is 12.3 Å². The van der Waals surface area contributed by atoms with Gasteiger partial charge in [-0.1, -0.05) is 30.3 Å². The predicted molar refractivity (Wildman–Crippen MR) is 124 cm³/mol. The highest BCUT2D eigenvalue weighted by atomic mass is 32.2. The number of para-hydroxylation sites is 1. The second kappa shape index (κ2) is 10.2. The van der Waals surface area contributed by atoms with E-state index < -0.39 is 15.9 Å². The number of nitrogens with zero attached hydrogens (tertiary/aromatic N) is 3. The second-order valence-electron chi connectivity index (χ2n) is 7.49. The van der Waals surface area contributed by atoms with E-state index in [4.69, 9.17) is 9.47 Å². The molecule has 0 saturated carbocycles. The first-order chi connectivity index (χ1) is 16.0. The van der Waals surface area contributed by atoms with Crippen molar-refractivity contribution in [3.8, 4) is 22.7 Å². The van der Waals surface area contributed by atoms with Crippen molar-refractivity contribution >= 4 is 15.9 Å². The molecule has 3 aromatic rings. The van der Waals surface area contributed by atoms with Crippen LogP contribution in [0, 0.1) is 0 Å². The molecular formula is C23H26N4O5S. The van der Waals surface area contributed by atoms with Crippen LogP contribution in [0.1, 0.15) is 10.4 Å². The molecule has 0 bridgehead atoms. The molecule has 0 spiro atoms. The number of morpholine rings is 1. The first-order valence-corrected chi connectivity index (χ1v) is 12.2. The van der Waals surface area contributed by atoms with E-state index in [2.05, 4.69) is 10.4 Å². The molecule has 1 aromatic heterocycles. The minimum Gasteiger partial charge on any atom is -0.497 e. The van der Waals surface area contributed by atoms with Gasteiger partial charge in [0.05, 0.1) is 37.3 Å². The summed E-state index contributed by atoms with van der Waals surface area (Å²) in [4.78, 5) is 13.1. The molecule has 1 aliphatic heterocycles. The van der Waals surface area contributed by atoms with Crippen molar-refractivity contribution in [2.75, 3.05) is 45.7 Å².